The van der Waals surface area contributed by atoms with Crippen LogP contribution >= 0.6 is 0 Å². The smallest absolute Gasteiger partial charge is 0.332 e. The van der Waals surface area contributed by atoms with Crippen molar-refractivity contribution in [3.63, 3.8) is 0 Å². The molecule has 0 heterocycles. The van der Waals surface area contributed by atoms with Crippen molar-refractivity contribution in [2.24, 2.45) is 0 Å². The molecule has 0 unspecified atom stereocenters. The number of benzene rings is 1. The van der Waals surface area contributed by atoms with Crippen LogP contribution in [0.3, 0.4) is 0 Å². The third kappa shape index (κ3) is 1.97. The van der Waals surface area contributed by atoms with Gasteiger partial charge in [0.2, 0.25) is 5.75 Å². The predicted molar refractivity (Wildman–Crippen MR) is 53.4 cm³/mol. The fourth-order valence-corrected chi connectivity index (χ4v) is 1.24. The van der Waals surface area contributed by atoms with Gasteiger partial charge < -0.3 is 9.84 Å². The Morgan fingerprint density at radius 2 is 1.94 bits per heavy atom. The zero-order chi connectivity index (χ0) is 13.2. The van der Waals surface area contributed by atoms with Gasteiger partial charge in [0.25, 0.3) is 5.69 Å². The first-order valence-electron chi connectivity index (χ1n) is 4.12. The second kappa shape index (κ2) is 4.43. The lowest BCUT2D eigenvalue weighted by Gasteiger charge is -2.05. The monoisotopic (exact) mass is 242 g/mol. The molecule has 0 atom stereocenters. The van der Waals surface area contributed by atoms with Gasteiger partial charge in [-0.15, -0.1) is 0 Å². The number of nitro groups is 2. The molecule has 1 N–H and O–H groups in total. The minimum Gasteiger partial charge on any atom is -0.499 e. The number of phenolic OH excluding ortho intramolecular Hbond substituents is 1. The van der Waals surface area contributed by atoms with Crippen LogP contribution in [0, 0.1) is 20.2 Å². The second-order valence-electron chi connectivity index (χ2n) is 2.84. The van der Waals surface area contributed by atoms with Gasteiger partial charge in [-0.1, -0.05) is 0 Å². The molecule has 90 valence electrons. The fraction of sp³-hybridized carbons (Fsp3) is 0.125. The summed E-state index contributed by atoms with van der Waals surface area (Å²) in [7, 11) is 1.07. The van der Waals surface area contributed by atoms with E-state index >= 15 is 0 Å². The van der Waals surface area contributed by atoms with E-state index in [-0.39, 0.29) is 6.29 Å². The molecule has 0 aliphatic carbocycles. The highest BCUT2D eigenvalue weighted by atomic mass is 16.6. The van der Waals surface area contributed by atoms with Gasteiger partial charge >= 0.3 is 5.69 Å². The maximum atomic E-state index is 10.7. The highest BCUT2D eigenvalue weighted by Gasteiger charge is 2.32. The van der Waals surface area contributed by atoms with E-state index in [2.05, 4.69) is 4.74 Å². The number of methoxy groups -OCH3 is 1. The summed E-state index contributed by atoms with van der Waals surface area (Å²) in [6, 6.07) is 0.742. The molecule has 0 spiro atoms. The maximum Gasteiger partial charge on any atom is 0.332 e. The van der Waals surface area contributed by atoms with Crippen molar-refractivity contribution in [3.8, 4) is 11.5 Å². The van der Waals surface area contributed by atoms with Crippen molar-refractivity contribution in [2.45, 2.75) is 0 Å². The fourth-order valence-electron chi connectivity index (χ4n) is 1.24. The number of carbonyl (C=O) groups is 1. The lowest BCUT2D eigenvalue weighted by Crippen LogP contribution is -2.02. The van der Waals surface area contributed by atoms with Crippen LogP contribution in [0.2, 0.25) is 0 Å². The van der Waals surface area contributed by atoms with Gasteiger partial charge in [0.1, 0.15) is 0 Å². The average Bonchev–Trinajstić information content (AvgIpc) is 2.27. The molecule has 0 amide bonds. The van der Waals surface area contributed by atoms with E-state index in [1.54, 1.807) is 0 Å². The molecule has 1 rings (SSSR count). The SMILES string of the molecule is COc1cc([N+](=O)[O-])c(C=O)c([N+](=O)[O-])c1O. The number of nitrogens with zero attached hydrogens (tertiary/aromatic N) is 2. The van der Waals surface area contributed by atoms with Gasteiger partial charge in [-0.2, -0.15) is 0 Å². The van der Waals surface area contributed by atoms with Gasteiger partial charge in [0.05, 0.1) is 23.0 Å². The molecule has 9 nitrogen and oxygen atoms in total. The molecule has 1 aromatic carbocycles. The Labute approximate surface area is 93.5 Å². The van der Waals surface area contributed by atoms with Gasteiger partial charge in [-0.05, 0) is 0 Å². The summed E-state index contributed by atoms with van der Waals surface area (Å²) in [5.41, 5.74) is -2.66. The third-order valence-corrected chi connectivity index (χ3v) is 1.97. The summed E-state index contributed by atoms with van der Waals surface area (Å²) in [5, 5.41) is 30.7. The standard InChI is InChI=1S/C8H6N2O7/c1-17-6-2-5(9(13)14)4(3-11)7(8(6)12)10(15)16/h2-3,12H,1H3. The van der Waals surface area contributed by atoms with Gasteiger partial charge in [0.15, 0.2) is 17.6 Å². The van der Waals surface area contributed by atoms with Crippen LogP contribution in [0.1, 0.15) is 10.4 Å². The Bertz CT molecular complexity index is 511. The zero-order valence-electron chi connectivity index (χ0n) is 8.45. The van der Waals surface area contributed by atoms with Crippen LogP contribution in [-0.4, -0.2) is 28.3 Å². The van der Waals surface area contributed by atoms with E-state index in [0.717, 1.165) is 13.2 Å². The van der Waals surface area contributed by atoms with Crippen LogP contribution in [0.4, 0.5) is 11.4 Å². The Morgan fingerprint density at radius 3 is 2.29 bits per heavy atom. The minimum absolute atomic E-state index is 0.0601. The van der Waals surface area contributed by atoms with E-state index in [1.165, 1.54) is 0 Å². The van der Waals surface area contributed by atoms with Crippen LogP contribution < -0.4 is 4.74 Å². The molecule has 9 heteroatoms. The van der Waals surface area contributed by atoms with Gasteiger partial charge in [-0.25, -0.2) is 0 Å². The van der Waals surface area contributed by atoms with Gasteiger partial charge in [-0.3, -0.25) is 25.0 Å². The highest BCUT2D eigenvalue weighted by molar-refractivity contribution is 5.91. The Balaban J connectivity index is 3.76. The van der Waals surface area contributed by atoms with Crippen LogP contribution in [0.15, 0.2) is 6.07 Å². The van der Waals surface area contributed by atoms with Crippen LogP contribution in [0.5, 0.6) is 11.5 Å². The topological polar surface area (TPSA) is 133 Å². The lowest BCUT2D eigenvalue weighted by molar-refractivity contribution is -0.395. The molecular weight excluding hydrogens is 236 g/mol. The van der Waals surface area contributed by atoms with Gasteiger partial charge in [0, 0.05) is 0 Å². The third-order valence-electron chi connectivity index (χ3n) is 1.97. The number of nitro benzene ring substituents is 2. The maximum absolute atomic E-state index is 10.7. The number of rotatable bonds is 4. The Kier molecular flexibility index (Phi) is 3.22. The summed E-state index contributed by atoms with van der Waals surface area (Å²) in [6.45, 7) is 0. The van der Waals surface area contributed by atoms with E-state index < -0.39 is 38.3 Å². The average molecular weight is 242 g/mol. The molecule has 0 bridgehead atoms. The number of hydrogen-bond acceptors (Lipinski definition) is 7. The molecule has 0 aliphatic heterocycles. The number of aromatic hydroxyl groups is 1. The first-order valence-corrected chi connectivity index (χ1v) is 4.12. The zero-order valence-corrected chi connectivity index (χ0v) is 8.45. The normalized spacial score (nSPS) is 9.71. The Morgan fingerprint density at radius 1 is 1.35 bits per heavy atom. The summed E-state index contributed by atoms with van der Waals surface area (Å²) in [4.78, 5) is 29.9. The lowest BCUT2D eigenvalue weighted by atomic mass is 10.1. The molecule has 0 fully saturated rings. The quantitative estimate of drug-likeness (QED) is 0.473. The molecule has 17 heavy (non-hydrogen) atoms. The number of hydrogen-bond donors (Lipinski definition) is 1. The summed E-state index contributed by atoms with van der Waals surface area (Å²) < 4.78 is 4.55. The first kappa shape index (κ1) is 12.4. The molecular formula is C8H6N2O7. The molecule has 0 aliphatic rings. The highest BCUT2D eigenvalue weighted by Crippen LogP contribution is 2.42. The van der Waals surface area contributed by atoms with Crippen molar-refractivity contribution >= 4 is 17.7 Å². The number of aldehydes is 1. The van der Waals surface area contributed by atoms with Crippen molar-refractivity contribution in [1.82, 2.24) is 0 Å². The predicted octanol–water partition coefficient (Wildman–Crippen LogP) is 1.03. The summed E-state index contributed by atoms with van der Waals surface area (Å²) >= 11 is 0. The van der Waals surface area contributed by atoms with E-state index in [0.29, 0.717) is 0 Å². The second-order valence-corrected chi connectivity index (χ2v) is 2.84. The number of ether oxygens (including phenoxy) is 1. The molecule has 1 aromatic rings. The molecule has 0 saturated heterocycles. The largest absolute Gasteiger partial charge is 0.499 e. The molecule has 0 radical (unpaired) electrons. The molecule has 0 aromatic heterocycles. The number of phenols is 1. The molecule has 0 saturated carbocycles. The number of carbonyl (C=O) groups excluding carboxylic acids is 1. The van der Waals surface area contributed by atoms with Crippen molar-refractivity contribution in [3.05, 3.63) is 31.9 Å². The minimum atomic E-state index is -1.09. The Hall–Kier alpha value is -2.71. The van der Waals surface area contributed by atoms with Crippen LogP contribution in [0.25, 0.3) is 0 Å². The van der Waals surface area contributed by atoms with E-state index in [1.807, 2.05) is 0 Å². The van der Waals surface area contributed by atoms with Crippen molar-refractivity contribution in [1.29, 1.82) is 0 Å². The van der Waals surface area contributed by atoms with Crippen molar-refractivity contribution < 1.29 is 24.5 Å². The summed E-state index contributed by atoms with van der Waals surface area (Å²) in [6.07, 6.45) is -0.0601. The van der Waals surface area contributed by atoms with E-state index in [4.69, 9.17) is 0 Å². The first-order chi connectivity index (χ1) is 7.93. The summed E-state index contributed by atoms with van der Waals surface area (Å²) in [5.74, 6) is -1.38. The van der Waals surface area contributed by atoms with Crippen LogP contribution in [-0.2, 0) is 0 Å². The van der Waals surface area contributed by atoms with E-state index in [9.17, 15) is 30.1 Å². The van der Waals surface area contributed by atoms with Crippen molar-refractivity contribution in [2.75, 3.05) is 7.11 Å².